The normalized spacial score (nSPS) is 13.5. The van der Waals surface area contributed by atoms with Crippen molar-refractivity contribution in [3.05, 3.63) is 124 Å². The van der Waals surface area contributed by atoms with E-state index in [1.54, 1.807) is 42.6 Å². The Morgan fingerprint density at radius 3 is 2.03 bits per heavy atom. The molecular formula is C41H45Cl3FN11O4S2. The van der Waals surface area contributed by atoms with E-state index in [0.717, 1.165) is 57.8 Å². The van der Waals surface area contributed by atoms with E-state index >= 15 is 0 Å². The number of pyridine rings is 6. The van der Waals surface area contributed by atoms with Gasteiger partial charge in [-0.3, -0.25) is 9.71 Å². The van der Waals surface area contributed by atoms with Gasteiger partial charge in [-0.1, -0.05) is 53.4 Å². The Hall–Kier alpha value is -5.08. The minimum Gasteiger partial charge on any atom is -0.370 e. The van der Waals surface area contributed by atoms with Crippen LogP contribution in [0.5, 0.6) is 0 Å². The first-order chi connectivity index (χ1) is 29.8. The molecule has 0 spiro atoms. The van der Waals surface area contributed by atoms with E-state index < -0.39 is 31.6 Å². The third kappa shape index (κ3) is 14.0. The zero-order valence-corrected chi connectivity index (χ0v) is 37.2. The van der Waals surface area contributed by atoms with Gasteiger partial charge in [0.05, 0.1) is 32.9 Å². The molecule has 4 bridgehead atoms. The van der Waals surface area contributed by atoms with Crippen molar-refractivity contribution < 1.29 is 21.2 Å². The molecule has 7 N–H and O–H groups in total. The van der Waals surface area contributed by atoms with Crippen LogP contribution in [-0.4, -0.2) is 72.9 Å². The Labute approximate surface area is 375 Å². The topological polar surface area (TPSA) is 234 Å². The highest BCUT2D eigenvalue weighted by Gasteiger charge is 2.21. The predicted molar refractivity (Wildman–Crippen MR) is 243 cm³/mol. The van der Waals surface area contributed by atoms with Gasteiger partial charge in [-0.2, -0.15) is 12.8 Å². The highest BCUT2D eigenvalue weighted by atomic mass is 35.5. The molecule has 15 nitrogen and oxygen atoms in total. The number of halogens is 4. The number of fused-ring (bicyclic) bond motifs is 6. The lowest BCUT2D eigenvalue weighted by molar-refractivity contribution is 0.556. The van der Waals surface area contributed by atoms with Crippen LogP contribution in [-0.2, 0) is 25.6 Å². The molecular weight excluding hydrogens is 900 g/mol. The number of sulfonamides is 1. The largest absolute Gasteiger partial charge is 0.370 e. The van der Waals surface area contributed by atoms with Crippen molar-refractivity contribution in [3.8, 4) is 22.5 Å². The van der Waals surface area contributed by atoms with Gasteiger partial charge in [-0.25, -0.2) is 33.3 Å². The van der Waals surface area contributed by atoms with E-state index in [2.05, 4.69) is 45.3 Å². The molecule has 0 fully saturated rings. The van der Waals surface area contributed by atoms with Crippen molar-refractivity contribution in [1.82, 2.24) is 29.9 Å². The zero-order valence-electron chi connectivity index (χ0n) is 33.3. The van der Waals surface area contributed by atoms with Gasteiger partial charge in [0, 0.05) is 36.6 Å². The summed E-state index contributed by atoms with van der Waals surface area (Å²) in [7, 11) is -7.78. The molecule has 7 heterocycles. The van der Waals surface area contributed by atoms with Crippen molar-refractivity contribution in [2.24, 2.45) is 11.5 Å². The highest BCUT2D eigenvalue weighted by molar-refractivity contribution is 7.92. The van der Waals surface area contributed by atoms with Gasteiger partial charge < -0.3 is 22.1 Å². The van der Waals surface area contributed by atoms with Crippen molar-refractivity contribution in [3.63, 3.8) is 0 Å². The molecule has 0 saturated carbocycles. The Kier molecular flexibility index (Phi) is 18.1. The SMILES string of the molecule is NCCCCCN.O=S(=O)(Cc1ccc(Cl)c(-c2cccnc2Cl)n1)c1cccc(F)n1.O=S1(=O)Nc2ccc(Cl)c(n2)-c2cccnc2NCCCCCNc2cccc1n2. The molecule has 21 heteroatoms. The van der Waals surface area contributed by atoms with Crippen LogP contribution in [0.25, 0.3) is 22.5 Å². The number of nitrogens with one attached hydrogen (secondary N) is 3. The van der Waals surface area contributed by atoms with Crippen LogP contribution in [0.2, 0.25) is 15.2 Å². The number of hydrogen-bond acceptors (Lipinski definition) is 14. The van der Waals surface area contributed by atoms with Gasteiger partial charge in [-0.15, -0.1) is 0 Å². The first-order valence-electron chi connectivity index (χ1n) is 19.4. The van der Waals surface area contributed by atoms with Crippen LogP contribution in [0.3, 0.4) is 0 Å². The molecule has 1 aliphatic heterocycles. The van der Waals surface area contributed by atoms with Gasteiger partial charge in [0.1, 0.15) is 22.6 Å². The molecule has 0 atom stereocenters. The highest BCUT2D eigenvalue weighted by Crippen LogP contribution is 2.33. The molecule has 328 valence electrons. The maximum absolute atomic E-state index is 13.2. The molecule has 62 heavy (non-hydrogen) atoms. The van der Waals surface area contributed by atoms with Crippen LogP contribution in [0, 0.1) is 5.95 Å². The Bertz CT molecular complexity index is 2650. The molecule has 0 aromatic carbocycles. The molecule has 0 amide bonds. The van der Waals surface area contributed by atoms with E-state index in [1.165, 1.54) is 49.0 Å². The van der Waals surface area contributed by atoms with Crippen LogP contribution in [0.4, 0.5) is 21.8 Å². The molecule has 1 aliphatic rings. The summed E-state index contributed by atoms with van der Waals surface area (Å²) in [6.07, 6.45) is 9.53. The quantitative estimate of drug-likeness (QED) is 0.0718. The fraction of sp³-hybridized carbons (Fsp3) is 0.268. The van der Waals surface area contributed by atoms with Gasteiger partial charge in [0.2, 0.25) is 15.8 Å². The van der Waals surface area contributed by atoms with Crippen molar-refractivity contribution in [2.45, 2.75) is 54.3 Å². The minimum absolute atomic E-state index is 0.0844. The lowest BCUT2D eigenvalue weighted by Crippen LogP contribution is -2.16. The zero-order chi connectivity index (χ0) is 44.5. The average molecular weight is 945 g/mol. The maximum atomic E-state index is 13.2. The van der Waals surface area contributed by atoms with E-state index in [4.69, 9.17) is 46.3 Å². The smallest absolute Gasteiger partial charge is 0.280 e. The molecule has 0 unspecified atom stereocenters. The maximum Gasteiger partial charge on any atom is 0.280 e. The number of aromatic nitrogens is 6. The number of nitrogens with zero attached hydrogens (tertiary/aromatic N) is 6. The number of sulfone groups is 1. The summed E-state index contributed by atoms with van der Waals surface area (Å²) >= 11 is 18.6. The summed E-state index contributed by atoms with van der Waals surface area (Å²) in [4.78, 5) is 24.7. The van der Waals surface area contributed by atoms with E-state index in [-0.39, 0.29) is 26.7 Å². The number of hydrogen-bond donors (Lipinski definition) is 5. The summed E-state index contributed by atoms with van der Waals surface area (Å²) in [5.41, 5.74) is 12.6. The third-order valence-corrected chi connectivity index (χ3v) is 12.5. The van der Waals surface area contributed by atoms with Crippen molar-refractivity contribution >= 4 is 72.1 Å². The van der Waals surface area contributed by atoms with Crippen LogP contribution in [0.15, 0.2) is 107 Å². The molecule has 0 saturated heterocycles. The van der Waals surface area contributed by atoms with E-state index in [9.17, 15) is 21.2 Å². The molecule has 6 aromatic rings. The van der Waals surface area contributed by atoms with Crippen LogP contribution in [0.1, 0.15) is 44.2 Å². The fourth-order valence-electron chi connectivity index (χ4n) is 5.74. The van der Waals surface area contributed by atoms with Gasteiger partial charge in [-0.05, 0) is 118 Å². The molecule has 7 rings (SSSR count). The summed E-state index contributed by atoms with van der Waals surface area (Å²) < 4.78 is 66.2. The Balaban J connectivity index is 0.000000206. The van der Waals surface area contributed by atoms with Crippen LogP contribution < -0.4 is 26.8 Å². The average Bonchev–Trinajstić information content (AvgIpc) is 3.25. The standard InChI is InChI=1S/C20H21ClN6O2S.C16H10Cl2FN3O2S.C5H14N2/c21-15-9-10-17-26-19(15)14-6-5-13-24-20(14)23-12-3-1-2-11-22-16-7-4-8-18(25-16)30(28,29)27-17;17-12-7-6-10(21-15(12)11-3-2-8-20-16(11)18)9-25(23,24)14-5-1-4-13(19)22-14;6-4-2-1-3-5-7/h4-10,13H,1-3,11-12H2,(H,22,25)(H,23,24)(H,26,27);1-8H,9H2;1-7H2. The first kappa shape index (κ1) is 48.0. The minimum atomic E-state index is -3.92. The van der Waals surface area contributed by atoms with Gasteiger partial charge in [0.25, 0.3) is 10.0 Å². The van der Waals surface area contributed by atoms with Crippen molar-refractivity contribution in [1.29, 1.82) is 0 Å². The Morgan fingerprint density at radius 2 is 1.32 bits per heavy atom. The second-order valence-electron chi connectivity index (χ2n) is 13.5. The predicted octanol–water partition coefficient (Wildman–Crippen LogP) is 8.03. The summed E-state index contributed by atoms with van der Waals surface area (Å²) in [5, 5.41) is 6.97. The fourth-order valence-corrected chi connectivity index (χ4v) is 8.54. The second-order valence-corrected chi connectivity index (χ2v) is 18.2. The number of nitrogens with two attached hydrogens (primary N) is 2. The first-order valence-corrected chi connectivity index (χ1v) is 23.7. The lowest BCUT2D eigenvalue weighted by atomic mass is 10.1. The van der Waals surface area contributed by atoms with Crippen LogP contribution >= 0.6 is 34.8 Å². The molecule has 0 radical (unpaired) electrons. The van der Waals surface area contributed by atoms with Crippen molar-refractivity contribution in [2.75, 3.05) is 41.5 Å². The van der Waals surface area contributed by atoms with E-state index in [1.807, 2.05) is 6.07 Å². The van der Waals surface area contributed by atoms with Gasteiger partial charge >= 0.3 is 0 Å². The van der Waals surface area contributed by atoms with Gasteiger partial charge in [0.15, 0.2) is 10.1 Å². The number of rotatable bonds is 8. The van der Waals surface area contributed by atoms with E-state index in [0.29, 0.717) is 50.7 Å². The summed E-state index contributed by atoms with van der Waals surface area (Å²) in [6.45, 7) is 3.07. The molecule has 0 aliphatic carbocycles. The Morgan fingerprint density at radius 1 is 0.661 bits per heavy atom. The lowest BCUT2D eigenvalue weighted by Gasteiger charge is -2.13. The molecule has 6 aromatic heterocycles. The number of unbranched alkanes of at least 4 members (excludes halogenated alkanes) is 2. The third-order valence-electron chi connectivity index (χ3n) is 8.77. The number of anilines is 3. The summed E-state index contributed by atoms with van der Waals surface area (Å²) in [6, 6.07) is 21.5. The second kappa shape index (κ2) is 23.4. The monoisotopic (exact) mass is 943 g/mol. The summed E-state index contributed by atoms with van der Waals surface area (Å²) in [5.74, 6) is -0.00288.